The number of nitrogens with one attached hydrogen (secondary N) is 1. The number of anilines is 1. The number of aryl methyl sites for hydroxylation is 1. The number of hydrogen-bond acceptors (Lipinski definition) is 4. The summed E-state index contributed by atoms with van der Waals surface area (Å²) in [5.41, 5.74) is 1.89. The van der Waals surface area contributed by atoms with Gasteiger partial charge >= 0.3 is 5.97 Å². The average Bonchev–Trinajstić information content (AvgIpc) is 2.57. The average molecular weight is 380 g/mol. The Morgan fingerprint density at radius 2 is 1.96 bits per heavy atom. The summed E-state index contributed by atoms with van der Waals surface area (Å²) in [5, 5.41) is 2.56. The summed E-state index contributed by atoms with van der Waals surface area (Å²) >= 11 is 5.86. The van der Waals surface area contributed by atoms with Crippen molar-refractivity contribution >= 4 is 29.2 Å². The molecule has 7 heteroatoms. The van der Waals surface area contributed by atoms with E-state index in [9.17, 15) is 14.0 Å². The Balaban J connectivity index is 1.98. The standard InChI is InChI=1S/C19H19ClFNO4/c1-11-4-7-17(25-3)13(8-11)9-18(23)26-12(2)19(24)22-16-6-5-14(21)10-15(16)20/h4-8,10,12H,9H2,1-3H3,(H,22,24)/t12-/m0/s1. The molecule has 0 aliphatic carbocycles. The molecule has 0 heterocycles. The van der Waals surface area contributed by atoms with Crippen LogP contribution in [0.15, 0.2) is 36.4 Å². The maximum absolute atomic E-state index is 13.0. The van der Waals surface area contributed by atoms with E-state index in [1.54, 1.807) is 6.07 Å². The molecular formula is C19H19ClFNO4. The monoisotopic (exact) mass is 379 g/mol. The largest absolute Gasteiger partial charge is 0.496 e. The molecular weight excluding hydrogens is 361 g/mol. The van der Waals surface area contributed by atoms with E-state index in [1.807, 2.05) is 19.1 Å². The molecule has 26 heavy (non-hydrogen) atoms. The minimum absolute atomic E-state index is 0.0280. The summed E-state index contributed by atoms with van der Waals surface area (Å²) in [6, 6.07) is 9.05. The van der Waals surface area contributed by atoms with Crippen LogP contribution in [0.1, 0.15) is 18.1 Å². The molecule has 0 spiro atoms. The van der Waals surface area contributed by atoms with Crippen LogP contribution in [0.4, 0.5) is 10.1 Å². The first-order valence-electron chi connectivity index (χ1n) is 7.89. The molecule has 0 unspecified atom stereocenters. The molecule has 2 aromatic rings. The normalized spacial score (nSPS) is 11.6. The Bertz CT molecular complexity index is 825. The molecule has 0 fully saturated rings. The minimum Gasteiger partial charge on any atom is -0.496 e. The quantitative estimate of drug-likeness (QED) is 0.773. The van der Waals surface area contributed by atoms with Gasteiger partial charge in [-0.25, -0.2) is 4.39 Å². The predicted octanol–water partition coefficient (Wildman–Crippen LogP) is 3.91. The van der Waals surface area contributed by atoms with E-state index in [1.165, 1.54) is 26.2 Å². The van der Waals surface area contributed by atoms with Crippen LogP contribution in [-0.4, -0.2) is 25.1 Å². The van der Waals surface area contributed by atoms with E-state index in [2.05, 4.69) is 5.32 Å². The zero-order valence-corrected chi connectivity index (χ0v) is 15.4. The number of halogens is 2. The molecule has 0 saturated carbocycles. The number of benzene rings is 2. The third kappa shape index (κ3) is 5.20. The molecule has 0 aromatic heterocycles. The van der Waals surface area contributed by atoms with Crippen molar-refractivity contribution in [2.24, 2.45) is 0 Å². The van der Waals surface area contributed by atoms with Gasteiger partial charge in [-0.05, 0) is 38.1 Å². The summed E-state index contributed by atoms with van der Waals surface area (Å²) in [6.07, 6.45) is -1.07. The molecule has 0 radical (unpaired) electrons. The number of methoxy groups -OCH3 is 1. The SMILES string of the molecule is COc1ccc(C)cc1CC(=O)O[C@@H](C)C(=O)Nc1ccc(F)cc1Cl. The van der Waals surface area contributed by atoms with Crippen LogP contribution < -0.4 is 10.1 Å². The lowest BCUT2D eigenvalue weighted by atomic mass is 10.1. The molecule has 138 valence electrons. The zero-order chi connectivity index (χ0) is 19.3. The van der Waals surface area contributed by atoms with Crippen LogP contribution >= 0.6 is 11.6 Å². The highest BCUT2D eigenvalue weighted by molar-refractivity contribution is 6.33. The van der Waals surface area contributed by atoms with Crippen molar-refractivity contribution in [3.8, 4) is 5.75 Å². The second kappa shape index (κ2) is 8.67. The summed E-state index contributed by atoms with van der Waals surface area (Å²) in [5.74, 6) is -1.08. The second-order valence-electron chi connectivity index (χ2n) is 5.74. The van der Waals surface area contributed by atoms with Crippen LogP contribution in [-0.2, 0) is 20.7 Å². The van der Waals surface area contributed by atoms with Gasteiger partial charge in [0.15, 0.2) is 6.10 Å². The van der Waals surface area contributed by atoms with Gasteiger partial charge in [-0.3, -0.25) is 9.59 Å². The molecule has 2 aromatic carbocycles. The number of rotatable bonds is 6. The predicted molar refractivity (Wildman–Crippen MR) is 97.0 cm³/mol. The Labute approximate surface area is 156 Å². The van der Waals surface area contributed by atoms with Gasteiger partial charge in [-0.2, -0.15) is 0 Å². The van der Waals surface area contributed by atoms with Gasteiger partial charge in [0.2, 0.25) is 0 Å². The van der Waals surface area contributed by atoms with Crippen LogP contribution in [0.3, 0.4) is 0 Å². The Kier molecular flexibility index (Phi) is 6.58. The maximum atomic E-state index is 13.0. The van der Waals surface area contributed by atoms with Crippen molar-refractivity contribution in [3.05, 3.63) is 58.4 Å². The highest BCUT2D eigenvalue weighted by atomic mass is 35.5. The van der Waals surface area contributed by atoms with Crippen LogP contribution in [0, 0.1) is 12.7 Å². The van der Waals surface area contributed by atoms with E-state index in [4.69, 9.17) is 21.1 Å². The van der Waals surface area contributed by atoms with E-state index >= 15 is 0 Å². The number of hydrogen-bond donors (Lipinski definition) is 1. The minimum atomic E-state index is -1.04. The van der Waals surface area contributed by atoms with Crippen molar-refractivity contribution in [1.82, 2.24) is 0 Å². The van der Waals surface area contributed by atoms with Crippen molar-refractivity contribution in [2.75, 3.05) is 12.4 Å². The highest BCUT2D eigenvalue weighted by Crippen LogP contribution is 2.23. The molecule has 2 rings (SSSR count). The van der Waals surface area contributed by atoms with Crippen molar-refractivity contribution in [3.63, 3.8) is 0 Å². The molecule has 1 N–H and O–H groups in total. The van der Waals surface area contributed by atoms with Crippen LogP contribution in [0.2, 0.25) is 5.02 Å². The first-order valence-corrected chi connectivity index (χ1v) is 8.27. The topological polar surface area (TPSA) is 64.6 Å². The third-order valence-electron chi connectivity index (χ3n) is 3.64. The van der Waals surface area contributed by atoms with Crippen molar-refractivity contribution in [1.29, 1.82) is 0 Å². The fourth-order valence-electron chi connectivity index (χ4n) is 2.32. The molecule has 1 atom stereocenters. The second-order valence-corrected chi connectivity index (χ2v) is 6.14. The van der Waals surface area contributed by atoms with E-state index < -0.39 is 23.8 Å². The molecule has 0 aliphatic heterocycles. The summed E-state index contributed by atoms with van der Waals surface area (Å²) < 4.78 is 23.4. The zero-order valence-electron chi connectivity index (χ0n) is 14.6. The highest BCUT2D eigenvalue weighted by Gasteiger charge is 2.20. The lowest BCUT2D eigenvalue weighted by Crippen LogP contribution is -2.30. The summed E-state index contributed by atoms with van der Waals surface area (Å²) in [7, 11) is 1.52. The smallest absolute Gasteiger partial charge is 0.311 e. The third-order valence-corrected chi connectivity index (χ3v) is 3.95. The molecule has 1 amide bonds. The van der Waals surface area contributed by atoms with Crippen molar-refractivity contribution in [2.45, 2.75) is 26.4 Å². The van der Waals surface area contributed by atoms with Gasteiger partial charge in [-0.15, -0.1) is 0 Å². The van der Waals surface area contributed by atoms with Crippen LogP contribution in [0.25, 0.3) is 0 Å². The molecule has 0 aliphatic rings. The number of esters is 1. The van der Waals surface area contributed by atoms with Gasteiger partial charge in [-0.1, -0.05) is 29.3 Å². The van der Waals surface area contributed by atoms with Gasteiger partial charge < -0.3 is 14.8 Å². The maximum Gasteiger partial charge on any atom is 0.311 e. The Morgan fingerprint density at radius 1 is 1.23 bits per heavy atom. The fraction of sp³-hybridized carbons (Fsp3) is 0.263. The van der Waals surface area contributed by atoms with Gasteiger partial charge in [0, 0.05) is 5.56 Å². The van der Waals surface area contributed by atoms with Gasteiger partial charge in [0.25, 0.3) is 5.91 Å². The summed E-state index contributed by atoms with van der Waals surface area (Å²) in [6.45, 7) is 3.34. The number of amides is 1. The molecule has 0 bridgehead atoms. The fourth-order valence-corrected chi connectivity index (χ4v) is 2.53. The van der Waals surface area contributed by atoms with Crippen LogP contribution in [0.5, 0.6) is 5.75 Å². The first-order chi connectivity index (χ1) is 12.3. The van der Waals surface area contributed by atoms with Crippen molar-refractivity contribution < 1.29 is 23.5 Å². The molecule has 0 saturated heterocycles. The van der Waals surface area contributed by atoms with E-state index in [0.29, 0.717) is 11.3 Å². The van der Waals surface area contributed by atoms with E-state index in [0.717, 1.165) is 11.6 Å². The van der Waals surface area contributed by atoms with Gasteiger partial charge in [0.05, 0.1) is 24.2 Å². The Hall–Kier alpha value is -2.60. The Morgan fingerprint density at radius 3 is 2.62 bits per heavy atom. The number of carbonyl (C=O) groups is 2. The molecule has 5 nitrogen and oxygen atoms in total. The summed E-state index contributed by atoms with van der Waals surface area (Å²) in [4.78, 5) is 24.3. The number of carbonyl (C=O) groups excluding carboxylic acids is 2. The van der Waals surface area contributed by atoms with Gasteiger partial charge in [0.1, 0.15) is 11.6 Å². The first kappa shape index (κ1) is 19.7. The van der Waals surface area contributed by atoms with E-state index in [-0.39, 0.29) is 17.1 Å². The lowest BCUT2D eigenvalue weighted by Gasteiger charge is -2.15. The number of ether oxygens (including phenoxy) is 2. The lowest BCUT2D eigenvalue weighted by molar-refractivity contribution is -0.152.